The Balaban J connectivity index is 1.66. The first-order chi connectivity index (χ1) is 12.0. The van der Waals surface area contributed by atoms with Crippen molar-refractivity contribution in [1.82, 2.24) is 19.8 Å². The van der Waals surface area contributed by atoms with Gasteiger partial charge >= 0.3 is 5.69 Å². The van der Waals surface area contributed by atoms with Gasteiger partial charge in [-0.2, -0.15) is 9.36 Å². The Kier molecular flexibility index (Phi) is 4.60. The quantitative estimate of drug-likeness (QED) is 0.758. The van der Waals surface area contributed by atoms with Gasteiger partial charge in [0.2, 0.25) is 0 Å². The Morgan fingerprint density at radius 1 is 1.08 bits per heavy atom. The summed E-state index contributed by atoms with van der Waals surface area (Å²) in [6.45, 7) is 1.68. The minimum atomic E-state index is -0.648. The maximum Gasteiger partial charge on any atom is 0.368 e. The standard InChI is InChI=1S/C17H17N5O3/c1-12(25-15-6-4-3-5-7-15)16(23)18-13-8-10-14(11-9-13)22-17(24)21(2)19-20-22/h3-12H,1-2H3,(H,18,23)/t12-/m0/s1. The third-order valence-corrected chi connectivity index (χ3v) is 3.53. The van der Waals surface area contributed by atoms with Crippen molar-refractivity contribution in [2.45, 2.75) is 13.0 Å². The van der Waals surface area contributed by atoms with Crippen LogP contribution in [0.15, 0.2) is 59.4 Å². The molecule has 1 atom stereocenters. The van der Waals surface area contributed by atoms with E-state index in [4.69, 9.17) is 4.74 Å². The number of carbonyl (C=O) groups excluding carboxylic acids is 1. The zero-order valence-electron chi connectivity index (χ0n) is 13.8. The van der Waals surface area contributed by atoms with Crippen molar-refractivity contribution >= 4 is 11.6 Å². The van der Waals surface area contributed by atoms with Gasteiger partial charge in [0, 0.05) is 12.7 Å². The molecule has 0 aliphatic rings. The van der Waals surface area contributed by atoms with E-state index < -0.39 is 6.10 Å². The summed E-state index contributed by atoms with van der Waals surface area (Å²) >= 11 is 0. The summed E-state index contributed by atoms with van der Waals surface area (Å²) in [6, 6.07) is 15.9. The Morgan fingerprint density at radius 3 is 2.36 bits per heavy atom. The van der Waals surface area contributed by atoms with E-state index in [9.17, 15) is 9.59 Å². The summed E-state index contributed by atoms with van der Waals surface area (Å²) in [4.78, 5) is 24.0. The molecule has 0 bridgehead atoms. The Bertz CT molecular complexity index is 915. The molecular formula is C17H17N5O3. The first kappa shape index (κ1) is 16.4. The van der Waals surface area contributed by atoms with Gasteiger partial charge in [-0.25, -0.2) is 4.79 Å². The number of amides is 1. The molecule has 1 heterocycles. The van der Waals surface area contributed by atoms with Gasteiger partial charge in [-0.05, 0) is 53.7 Å². The van der Waals surface area contributed by atoms with Crippen molar-refractivity contribution in [3.05, 3.63) is 65.1 Å². The van der Waals surface area contributed by atoms with Crippen LogP contribution in [0.5, 0.6) is 5.75 Å². The number of aromatic nitrogens is 4. The number of para-hydroxylation sites is 1. The molecule has 0 aliphatic carbocycles. The minimum Gasteiger partial charge on any atom is -0.481 e. The lowest BCUT2D eigenvalue weighted by Gasteiger charge is -2.14. The smallest absolute Gasteiger partial charge is 0.368 e. The lowest BCUT2D eigenvalue weighted by atomic mass is 10.2. The molecule has 25 heavy (non-hydrogen) atoms. The van der Waals surface area contributed by atoms with Gasteiger partial charge in [-0.3, -0.25) is 4.79 Å². The van der Waals surface area contributed by atoms with Crippen LogP contribution in [0.1, 0.15) is 6.92 Å². The highest BCUT2D eigenvalue weighted by Gasteiger charge is 2.15. The molecule has 8 heteroatoms. The molecule has 3 aromatic rings. The van der Waals surface area contributed by atoms with Gasteiger partial charge in [0.15, 0.2) is 6.10 Å². The van der Waals surface area contributed by atoms with E-state index in [0.717, 1.165) is 4.68 Å². The fraction of sp³-hybridized carbons (Fsp3) is 0.176. The number of nitrogens with one attached hydrogen (secondary N) is 1. The molecule has 0 saturated carbocycles. The molecule has 2 aromatic carbocycles. The highest BCUT2D eigenvalue weighted by Crippen LogP contribution is 2.14. The van der Waals surface area contributed by atoms with Gasteiger partial charge in [0.1, 0.15) is 5.75 Å². The van der Waals surface area contributed by atoms with Crippen molar-refractivity contribution in [3.63, 3.8) is 0 Å². The highest BCUT2D eigenvalue weighted by atomic mass is 16.5. The van der Waals surface area contributed by atoms with Gasteiger partial charge < -0.3 is 10.1 Å². The average Bonchev–Trinajstić information content (AvgIpc) is 2.95. The zero-order chi connectivity index (χ0) is 17.8. The van der Waals surface area contributed by atoms with Crippen molar-refractivity contribution in [1.29, 1.82) is 0 Å². The van der Waals surface area contributed by atoms with Crippen molar-refractivity contribution in [3.8, 4) is 11.4 Å². The van der Waals surface area contributed by atoms with Gasteiger partial charge in [-0.15, -0.1) is 0 Å². The molecule has 128 valence electrons. The van der Waals surface area contributed by atoms with Crippen LogP contribution in [0.4, 0.5) is 5.69 Å². The topological polar surface area (TPSA) is 91.0 Å². The van der Waals surface area contributed by atoms with Crippen LogP contribution in [0.3, 0.4) is 0 Å². The Hall–Kier alpha value is -3.42. The van der Waals surface area contributed by atoms with E-state index in [1.165, 1.54) is 11.7 Å². The number of anilines is 1. The van der Waals surface area contributed by atoms with Crippen LogP contribution in [-0.2, 0) is 11.8 Å². The van der Waals surface area contributed by atoms with Crippen LogP contribution in [-0.4, -0.2) is 31.8 Å². The average molecular weight is 339 g/mol. The molecule has 0 unspecified atom stereocenters. The second-order valence-corrected chi connectivity index (χ2v) is 5.41. The first-order valence-corrected chi connectivity index (χ1v) is 7.66. The lowest BCUT2D eigenvalue weighted by molar-refractivity contribution is -0.122. The molecule has 0 saturated heterocycles. The van der Waals surface area contributed by atoms with Crippen LogP contribution in [0, 0.1) is 0 Å². The number of rotatable bonds is 5. The number of hydrogen-bond donors (Lipinski definition) is 1. The fourth-order valence-corrected chi connectivity index (χ4v) is 2.16. The summed E-state index contributed by atoms with van der Waals surface area (Å²) in [7, 11) is 1.52. The molecule has 1 aromatic heterocycles. The third kappa shape index (κ3) is 3.74. The monoisotopic (exact) mass is 339 g/mol. The Morgan fingerprint density at radius 2 is 1.76 bits per heavy atom. The summed E-state index contributed by atoms with van der Waals surface area (Å²) in [6.07, 6.45) is -0.648. The molecule has 3 rings (SSSR count). The zero-order valence-corrected chi connectivity index (χ0v) is 13.8. The normalized spacial score (nSPS) is 11.8. The van der Waals surface area contributed by atoms with E-state index in [2.05, 4.69) is 15.7 Å². The van der Waals surface area contributed by atoms with Gasteiger partial charge in [0.05, 0.1) is 5.69 Å². The SMILES string of the molecule is C[C@H](Oc1ccccc1)C(=O)Nc1ccc(-n2nnn(C)c2=O)cc1. The number of benzene rings is 2. The molecule has 0 aliphatic heterocycles. The predicted octanol–water partition coefficient (Wildman–Crippen LogP) is 1.37. The van der Waals surface area contributed by atoms with Crippen LogP contribution in [0.2, 0.25) is 0 Å². The van der Waals surface area contributed by atoms with E-state index >= 15 is 0 Å². The van der Waals surface area contributed by atoms with Gasteiger partial charge in [-0.1, -0.05) is 18.2 Å². The molecule has 8 nitrogen and oxygen atoms in total. The molecule has 1 N–H and O–H groups in total. The van der Waals surface area contributed by atoms with Crippen LogP contribution in [0.25, 0.3) is 5.69 Å². The fourth-order valence-electron chi connectivity index (χ4n) is 2.16. The summed E-state index contributed by atoms with van der Waals surface area (Å²) < 4.78 is 7.89. The van der Waals surface area contributed by atoms with Crippen LogP contribution < -0.4 is 15.7 Å². The van der Waals surface area contributed by atoms with Gasteiger partial charge in [0.25, 0.3) is 5.91 Å². The molecule has 0 radical (unpaired) electrons. The van der Waals surface area contributed by atoms with E-state index in [1.54, 1.807) is 43.3 Å². The number of carbonyl (C=O) groups is 1. The lowest BCUT2D eigenvalue weighted by Crippen LogP contribution is -2.30. The summed E-state index contributed by atoms with van der Waals surface area (Å²) in [5.74, 6) is 0.357. The molecular weight excluding hydrogens is 322 g/mol. The number of aryl methyl sites for hydroxylation is 1. The summed E-state index contributed by atoms with van der Waals surface area (Å²) in [5.41, 5.74) is 0.806. The highest BCUT2D eigenvalue weighted by molar-refractivity contribution is 5.94. The largest absolute Gasteiger partial charge is 0.481 e. The molecule has 1 amide bonds. The molecule has 0 fully saturated rings. The first-order valence-electron chi connectivity index (χ1n) is 7.66. The number of nitrogens with zero attached hydrogens (tertiary/aromatic N) is 4. The molecule has 0 spiro atoms. The van der Waals surface area contributed by atoms with E-state index in [-0.39, 0.29) is 11.6 Å². The predicted molar refractivity (Wildman–Crippen MR) is 91.8 cm³/mol. The number of ether oxygens (including phenoxy) is 1. The van der Waals surface area contributed by atoms with E-state index in [1.807, 2.05) is 18.2 Å². The third-order valence-electron chi connectivity index (χ3n) is 3.53. The van der Waals surface area contributed by atoms with E-state index in [0.29, 0.717) is 17.1 Å². The summed E-state index contributed by atoms with van der Waals surface area (Å²) in [5, 5.41) is 10.2. The number of hydrogen-bond acceptors (Lipinski definition) is 5. The maximum absolute atomic E-state index is 12.2. The van der Waals surface area contributed by atoms with Crippen molar-refractivity contribution in [2.24, 2.45) is 7.05 Å². The van der Waals surface area contributed by atoms with Crippen molar-refractivity contribution in [2.75, 3.05) is 5.32 Å². The minimum absolute atomic E-state index is 0.270. The Labute approximate surface area is 143 Å². The second kappa shape index (κ2) is 7.00. The van der Waals surface area contributed by atoms with Crippen molar-refractivity contribution < 1.29 is 9.53 Å². The second-order valence-electron chi connectivity index (χ2n) is 5.41. The maximum atomic E-state index is 12.2. The number of tetrazole rings is 1. The van der Waals surface area contributed by atoms with Crippen LogP contribution >= 0.6 is 0 Å².